The maximum atomic E-state index is 4.46. The van der Waals surface area contributed by atoms with Crippen LogP contribution in [0.3, 0.4) is 0 Å². The van der Waals surface area contributed by atoms with Crippen LogP contribution in [0.5, 0.6) is 0 Å². The van der Waals surface area contributed by atoms with Crippen molar-refractivity contribution in [3.8, 4) is 0 Å². The quantitative estimate of drug-likeness (QED) is 0.797. The van der Waals surface area contributed by atoms with Gasteiger partial charge in [0.1, 0.15) is 5.82 Å². The third-order valence-corrected chi connectivity index (χ3v) is 3.17. The summed E-state index contributed by atoms with van der Waals surface area (Å²) >= 11 is 0. The van der Waals surface area contributed by atoms with E-state index in [1.54, 1.807) is 0 Å². The van der Waals surface area contributed by atoms with Crippen LogP contribution in [-0.2, 0) is 0 Å². The standard InChI is InChI=1S/C13H15N5/c1-9-5-6-14-13(15-9)11-7-18(8-11)12-4-3-10(2)16-17-12/h3-6,11H,7-8H2,1-2H3. The van der Waals surface area contributed by atoms with Crippen LogP contribution in [0.2, 0.25) is 0 Å². The van der Waals surface area contributed by atoms with E-state index in [0.29, 0.717) is 5.92 Å². The molecule has 18 heavy (non-hydrogen) atoms. The number of hydrogen-bond donors (Lipinski definition) is 0. The summed E-state index contributed by atoms with van der Waals surface area (Å²) in [7, 11) is 0. The first-order valence-corrected chi connectivity index (χ1v) is 6.07. The first-order valence-electron chi connectivity index (χ1n) is 6.07. The molecule has 92 valence electrons. The van der Waals surface area contributed by atoms with E-state index in [1.165, 1.54) is 0 Å². The molecule has 1 aliphatic heterocycles. The third kappa shape index (κ3) is 2.03. The summed E-state index contributed by atoms with van der Waals surface area (Å²) in [4.78, 5) is 11.0. The summed E-state index contributed by atoms with van der Waals surface area (Å²) in [6.07, 6.45) is 1.83. The fraction of sp³-hybridized carbons (Fsp3) is 0.385. The van der Waals surface area contributed by atoms with Gasteiger partial charge < -0.3 is 4.90 Å². The van der Waals surface area contributed by atoms with Gasteiger partial charge in [0, 0.05) is 25.0 Å². The third-order valence-electron chi connectivity index (χ3n) is 3.17. The van der Waals surface area contributed by atoms with Crippen molar-refractivity contribution in [3.05, 3.63) is 41.6 Å². The molecule has 0 spiro atoms. The van der Waals surface area contributed by atoms with Gasteiger partial charge in [-0.25, -0.2) is 9.97 Å². The lowest BCUT2D eigenvalue weighted by molar-refractivity contribution is 0.493. The zero-order valence-corrected chi connectivity index (χ0v) is 10.5. The van der Waals surface area contributed by atoms with Gasteiger partial charge in [0.2, 0.25) is 0 Å². The summed E-state index contributed by atoms with van der Waals surface area (Å²) in [6.45, 7) is 5.77. The molecule has 1 fully saturated rings. The Kier molecular flexibility index (Phi) is 2.66. The van der Waals surface area contributed by atoms with Crippen LogP contribution in [0.15, 0.2) is 24.4 Å². The highest BCUT2D eigenvalue weighted by atomic mass is 15.3. The monoisotopic (exact) mass is 241 g/mol. The smallest absolute Gasteiger partial charge is 0.151 e. The minimum atomic E-state index is 0.410. The number of hydrogen-bond acceptors (Lipinski definition) is 5. The maximum Gasteiger partial charge on any atom is 0.151 e. The van der Waals surface area contributed by atoms with Crippen LogP contribution in [0.25, 0.3) is 0 Å². The predicted octanol–water partition coefficient (Wildman–Crippen LogP) is 1.49. The number of rotatable bonds is 2. The Morgan fingerprint density at radius 2 is 1.89 bits per heavy atom. The van der Waals surface area contributed by atoms with Crippen molar-refractivity contribution in [3.63, 3.8) is 0 Å². The van der Waals surface area contributed by atoms with Gasteiger partial charge in [0.05, 0.1) is 11.6 Å². The molecule has 0 N–H and O–H groups in total. The van der Waals surface area contributed by atoms with Crippen molar-refractivity contribution in [2.45, 2.75) is 19.8 Å². The number of aromatic nitrogens is 4. The SMILES string of the molecule is Cc1ccc(N2CC(c3nccc(C)n3)C2)nn1. The highest BCUT2D eigenvalue weighted by Gasteiger charge is 2.31. The van der Waals surface area contributed by atoms with Crippen molar-refractivity contribution < 1.29 is 0 Å². The molecule has 0 aliphatic carbocycles. The van der Waals surface area contributed by atoms with Crippen LogP contribution < -0.4 is 4.90 Å². The molecular formula is C13H15N5. The van der Waals surface area contributed by atoms with Crippen LogP contribution in [-0.4, -0.2) is 33.3 Å². The van der Waals surface area contributed by atoms with Gasteiger partial charge in [-0.3, -0.25) is 0 Å². The minimum Gasteiger partial charge on any atom is -0.354 e. The first kappa shape index (κ1) is 11.1. The van der Waals surface area contributed by atoms with Crippen molar-refractivity contribution in [2.24, 2.45) is 0 Å². The fourth-order valence-corrected chi connectivity index (χ4v) is 2.05. The van der Waals surface area contributed by atoms with Gasteiger partial charge in [-0.1, -0.05) is 0 Å². The van der Waals surface area contributed by atoms with Crippen LogP contribution >= 0.6 is 0 Å². The van der Waals surface area contributed by atoms with Crippen molar-refractivity contribution >= 4 is 5.82 Å². The second kappa shape index (κ2) is 4.33. The first-order chi connectivity index (χ1) is 8.72. The lowest BCUT2D eigenvalue weighted by Gasteiger charge is -2.38. The van der Waals surface area contributed by atoms with E-state index >= 15 is 0 Å². The summed E-state index contributed by atoms with van der Waals surface area (Å²) in [5, 5.41) is 8.25. The zero-order valence-electron chi connectivity index (χ0n) is 10.5. The molecule has 1 aliphatic rings. The Hall–Kier alpha value is -2.04. The molecular weight excluding hydrogens is 226 g/mol. The number of aryl methyl sites for hydroxylation is 2. The van der Waals surface area contributed by atoms with E-state index in [-0.39, 0.29) is 0 Å². The number of nitrogens with zero attached hydrogens (tertiary/aromatic N) is 5. The van der Waals surface area contributed by atoms with Crippen LogP contribution in [0.1, 0.15) is 23.1 Å². The van der Waals surface area contributed by atoms with E-state index in [1.807, 2.05) is 38.2 Å². The van der Waals surface area contributed by atoms with Gasteiger partial charge in [-0.15, -0.1) is 5.10 Å². The highest BCUT2D eigenvalue weighted by Crippen LogP contribution is 2.28. The summed E-state index contributed by atoms with van der Waals surface area (Å²) in [5.74, 6) is 2.28. The van der Waals surface area contributed by atoms with E-state index in [4.69, 9.17) is 0 Å². The zero-order chi connectivity index (χ0) is 12.5. The molecule has 0 unspecified atom stereocenters. The molecule has 2 aromatic rings. The second-order valence-corrected chi connectivity index (χ2v) is 4.69. The molecule has 0 bridgehead atoms. The van der Waals surface area contributed by atoms with Crippen molar-refractivity contribution in [1.29, 1.82) is 0 Å². The van der Waals surface area contributed by atoms with Crippen LogP contribution in [0.4, 0.5) is 5.82 Å². The Balaban J connectivity index is 1.68. The summed E-state index contributed by atoms with van der Waals surface area (Å²) < 4.78 is 0. The largest absolute Gasteiger partial charge is 0.354 e. The van der Waals surface area contributed by atoms with Gasteiger partial charge in [0.25, 0.3) is 0 Å². The second-order valence-electron chi connectivity index (χ2n) is 4.69. The van der Waals surface area contributed by atoms with Crippen molar-refractivity contribution in [2.75, 3.05) is 18.0 Å². The molecule has 5 nitrogen and oxygen atoms in total. The summed E-state index contributed by atoms with van der Waals surface area (Å²) in [6, 6.07) is 5.92. The molecule has 0 saturated carbocycles. The van der Waals surface area contributed by atoms with Crippen LogP contribution in [0, 0.1) is 13.8 Å². The highest BCUT2D eigenvalue weighted by molar-refractivity contribution is 5.42. The lowest BCUT2D eigenvalue weighted by atomic mass is 9.99. The van der Waals surface area contributed by atoms with E-state index < -0.39 is 0 Å². The van der Waals surface area contributed by atoms with E-state index in [9.17, 15) is 0 Å². The molecule has 0 aromatic carbocycles. The van der Waals surface area contributed by atoms with Crippen molar-refractivity contribution in [1.82, 2.24) is 20.2 Å². The molecule has 0 atom stereocenters. The van der Waals surface area contributed by atoms with E-state index in [0.717, 1.165) is 36.1 Å². The Labute approximate surface area is 106 Å². The average molecular weight is 241 g/mol. The predicted molar refractivity (Wildman–Crippen MR) is 68.5 cm³/mol. The Morgan fingerprint density at radius 3 is 2.56 bits per heavy atom. The van der Waals surface area contributed by atoms with Gasteiger partial charge in [0.15, 0.2) is 5.82 Å². The van der Waals surface area contributed by atoms with Gasteiger partial charge in [-0.2, -0.15) is 5.10 Å². The maximum absolute atomic E-state index is 4.46. The minimum absolute atomic E-state index is 0.410. The fourth-order valence-electron chi connectivity index (χ4n) is 2.05. The lowest BCUT2D eigenvalue weighted by Crippen LogP contribution is -2.46. The molecule has 3 heterocycles. The van der Waals surface area contributed by atoms with Gasteiger partial charge >= 0.3 is 0 Å². The average Bonchev–Trinajstić information content (AvgIpc) is 2.30. The normalized spacial score (nSPS) is 15.6. The topological polar surface area (TPSA) is 54.8 Å². The Bertz CT molecular complexity index is 546. The summed E-state index contributed by atoms with van der Waals surface area (Å²) in [5.41, 5.74) is 1.96. The molecule has 0 radical (unpaired) electrons. The number of anilines is 1. The molecule has 3 rings (SSSR count). The van der Waals surface area contributed by atoms with E-state index in [2.05, 4.69) is 25.1 Å². The molecule has 5 heteroatoms. The van der Waals surface area contributed by atoms with Gasteiger partial charge in [-0.05, 0) is 32.0 Å². The Morgan fingerprint density at radius 1 is 1.06 bits per heavy atom. The molecule has 0 amide bonds. The molecule has 1 saturated heterocycles. The molecule has 2 aromatic heterocycles.